The van der Waals surface area contributed by atoms with Crippen LogP contribution in [0.5, 0.6) is 0 Å². The van der Waals surface area contributed by atoms with Gasteiger partial charge in [0.15, 0.2) is 9.84 Å². The first-order valence-corrected chi connectivity index (χ1v) is 9.00. The van der Waals surface area contributed by atoms with Crippen molar-refractivity contribution in [2.24, 2.45) is 0 Å². The van der Waals surface area contributed by atoms with Crippen molar-refractivity contribution < 1.29 is 13.2 Å². The molecule has 1 aliphatic rings. The molecule has 0 unspecified atom stereocenters. The summed E-state index contributed by atoms with van der Waals surface area (Å²) >= 11 is 0. The summed E-state index contributed by atoms with van der Waals surface area (Å²) in [5, 5.41) is 3.01. The van der Waals surface area contributed by atoms with Crippen molar-refractivity contribution in [3.8, 4) is 0 Å². The maximum Gasteiger partial charge on any atom is 0.251 e. The van der Waals surface area contributed by atoms with Gasteiger partial charge in [-0.2, -0.15) is 0 Å². The third-order valence-corrected chi connectivity index (χ3v) is 5.06. The van der Waals surface area contributed by atoms with Crippen molar-refractivity contribution >= 4 is 15.7 Å². The van der Waals surface area contributed by atoms with Gasteiger partial charge in [-0.05, 0) is 48.2 Å². The molecular weight excluding hydrogens is 298 g/mol. The van der Waals surface area contributed by atoms with E-state index in [1.54, 1.807) is 12.1 Å². The number of sulfone groups is 1. The predicted octanol–water partition coefficient (Wildman–Crippen LogP) is 1.99. The summed E-state index contributed by atoms with van der Waals surface area (Å²) in [6.07, 6.45) is 2.82. The van der Waals surface area contributed by atoms with Gasteiger partial charge in [-0.15, -0.1) is 0 Å². The van der Waals surface area contributed by atoms with Crippen LogP contribution in [0.25, 0.3) is 0 Å². The number of hydrogen-bond acceptors (Lipinski definition) is 3. The second-order valence-electron chi connectivity index (χ2n) is 5.64. The fourth-order valence-corrected chi connectivity index (χ4v) is 3.41. The molecule has 3 rings (SSSR count). The minimum absolute atomic E-state index is 0.0967. The molecule has 0 fully saturated rings. The Morgan fingerprint density at radius 2 is 1.55 bits per heavy atom. The number of amides is 1. The molecule has 1 N–H and O–H groups in total. The molecule has 0 spiro atoms. The van der Waals surface area contributed by atoms with Crippen LogP contribution in [0.1, 0.15) is 21.5 Å². The van der Waals surface area contributed by atoms with Crippen molar-refractivity contribution in [1.82, 2.24) is 5.32 Å². The third-order valence-electron chi connectivity index (χ3n) is 3.93. The van der Waals surface area contributed by atoms with E-state index in [1.165, 1.54) is 23.3 Å². The Labute approximate surface area is 130 Å². The van der Waals surface area contributed by atoms with Gasteiger partial charge in [0, 0.05) is 17.9 Å². The van der Waals surface area contributed by atoms with E-state index in [1.807, 2.05) is 12.1 Å². The Hall–Kier alpha value is -2.14. The number of carbonyl (C=O) groups excluding carboxylic acids is 1. The molecule has 5 heteroatoms. The molecule has 0 heterocycles. The van der Waals surface area contributed by atoms with Crippen LogP contribution in [0.4, 0.5) is 0 Å². The normalized spacial score (nSPS) is 14.6. The lowest BCUT2D eigenvalue weighted by Crippen LogP contribution is -2.35. The minimum Gasteiger partial charge on any atom is -0.349 e. The van der Waals surface area contributed by atoms with Gasteiger partial charge in [0.1, 0.15) is 0 Å². The number of benzene rings is 2. The molecule has 0 saturated heterocycles. The summed E-state index contributed by atoms with van der Waals surface area (Å²) in [6.45, 7) is 0. The van der Waals surface area contributed by atoms with Crippen molar-refractivity contribution in [2.45, 2.75) is 23.8 Å². The topological polar surface area (TPSA) is 63.2 Å². The first kappa shape index (κ1) is 14.8. The first-order chi connectivity index (χ1) is 10.4. The number of nitrogens with one attached hydrogen (secondary N) is 1. The lowest BCUT2D eigenvalue weighted by molar-refractivity contribution is 0.0938. The van der Waals surface area contributed by atoms with Crippen LogP contribution in [-0.4, -0.2) is 26.6 Å². The van der Waals surface area contributed by atoms with Crippen molar-refractivity contribution in [3.05, 3.63) is 65.2 Å². The summed E-state index contributed by atoms with van der Waals surface area (Å²) in [4.78, 5) is 12.5. The maximum absolute atomic E-state index is 12.3. The highest BCUT2D eigenvalue weighted by Gasteiger charge is 2.22. The van der Waals surface area contributed by atoms with Gasteiger partial charge in [-0.3, -0.25) is 4.79 Å². The maximum atomic E-state index is 12.3. The average molecular weight is 315 g/mol. The van der Waals surface area contributed by atoms with E-state index in [0.29, 0.717) is 5.56 Å². The van der Waals surface area contributed by atoms with Crippen LogP contribution in [0.15, 0.2) is 53.4 Å². The van der Waals surface area contributed by atoms with E-state index in [2.05, 4.69) is 17.4 Å². The summed E-state index contributed by atoms with van der Waals surface area (Å²) in [5.74, 6) is -0.169. The summed E-state index contributed by atoms with van der Waals surface area (Å²) in [7, 11) is -3.24. The molecule has 114 valence electrons. The molecule has 0 bridgehead atoms. The fourth-order valence-electron chi connectivity index (χ4n) is 2.78. The minimum atomic E-state index is -3.24. The van der Waals surface area contributed by atoms with Crippen LogP contribution in [0.2, 0.25) is 0 Å². The van der Waals surface area contributed by atoms with Crippen LogP contribution in [-0.2, 0) is 22.7 Å². The number of carbonyl (C=O) groups is 1. The smallest absolute Gasteiger partial charge is 0.251 e. The van der Waals surface area contributed by atoms with Gasteiger partial charge < -0.3 is 5.32 Å². The van der Waals surface area contributed by atoms with E-state index >= 15 is 0 Å². The molecule has 0 atom stereocenters. The fraction of sp³-hybridized carbons (Fsp3) is 0.235. The Bertz CT molecular complexity index is 785. The standard InChI is InChI=1S/C17H17NO3S/c1-22(20,21)16-8-6-12(7-9-16)17(19)18-15-10-13-4-2-3-5-14(13)11-15/h2-9,15H,10-11H2,1H3,(H,18,19). The van der Waals surface area contributed by atoms with Crippen LogP contribution >= 0.6 is 0 Å². The molecule has 2 aromatic carbocycles. The largest absolute Gasteiger partial charge is 0.349 e. The van der Waals surface area contributed by atoms with Gasteiger partial charge in [0.2, 0.25) is 0 Å². The van der Waals surface area contributed by atoms with E-state index in [4.69, 9.17) is 0 Å². The van der Waals surface area contributed by atoms with Gasteiger partial charge >= 0.3 is 0 Å². The van der Waals surface area contributed by atoms with Crippen molar-refractivity contribution in [2.75, 3.05) is 6.26 Å². The van der Waals surface area contributed by atoms with E-state index in [-0.39, 0.29) is 16.8 Å². The summed E-state index contributed by atoms with van der Waals surface area (Å²) < 4.78 is 22.8. The van der Waals surface area contributed by atoms with Crippen molar-refractivity contribution in [3.63, 3.8) is 0 Å². The Morgan fingerprint density at radius 3 is 2.05 bits per heavy atom. The predicted molar refractivity (Wildman–Crippen MR) is 84.7 cm³/mol. The Balaban J connectivity index is 1.69. The molecule has 1 aliphatic carbocycles. The van der Waals surface area contributed by atoms with Crippen molar-refractivity contribution in [1.29, 1.82) is 0 Å². The zero-order valence-electron chi connectivity index (χ0n) is 12.2. The van der Waals surface area contributed by atoms with Crippen LogP contribution in [0, 0.1) is 0 Å². The molecule has 1 amide bonds. The lowest BCUT2D eigenvalue weighted by atomic mass is 10.1. The molecular formula is C17H17NO3S. The number of fused-ring (bicyclic) bond motifs is 1. The molecule has 2 aromatic rings. The Kier molecular flexibility index (Phi) is 3.74. The lowest BCUT2D eigenvalue weighted by Gasteiger charge is -2.12. The highest BCUT2D eigenvalue weighted by molar-refractivity contribution is 7.90. The summed E-state index contributed by atoms with van der Waals surface area (Å²) in [5.41, 5.74) is 3.03. The van der Waals surface area contributed by atoms with E-state index in [0.717, 1.165) is 19.1 Å². The molecule has 22 heavy (non-hydrogen) atoms. The SMILES string of the molecule is CS(=O)(=O)c1ccc(C(=O)NC2Cc3ccccc3C2)cc1. The zero-order valence-corrected chi connectivity index (χ0v) is 13.1. The van der Waals surface area contributed by atoms with E-state index < -0.39 is 9.84 Å². The zero-order chi connectivity index (χ0) is 15.7. The highest BCUT2D eigenvalue weighted by Crippen LogP contribution is 2.22. The second-order valence-corrected chi connectivity index (χ2v) is 7.66. The van der Waals surface area contributed by atoms with Gasteiger partial charge in [-0.25, -0.2) is 8.42 Å². The Morgan fingerprint density at radius 1 is 1.00 bits per heavy atom. The molecule has 0 aromatic heterocycles. The third kappa shape index (κ3) is 3.04. The summed E-state index contributed by atoms with van der Waals surface area (Å²) in [6, 6.07) is 14.3. The molecule has 4 nitrogen and oxygen atoms in total. The molecule has 0 radical (unpaired) electrons. The quantitative estimate of drug-likeness (QED) is 0.942. The van der Waals surface area contributed by atoms with Crippen LogP contribution in [0.3, 0.4) is 0 Å². The molecule has 0 saturated carbocycles. The monoisotopic (exact) mass is 315 g/mol. The number of hydrogen-bond donors (Lipinski definition) is 1. The highest BCUT2D eigenvalue weighted by atomic mass is 32.2. The van der Waals surface area contributed by atoms with Gasteiger partial charge in [0.05, 0.1) is 4.90 Å². The van der Waals surface area contributed by atoms with E-state index in [9.17, 15) is 13.2 Å². The first-order valence-electron chi connectivity index (χ1n) is 7.11. The van der Waals surface area contributed by atoms with Gasteiger partial charge in [0.25, 0.3) is 5.91 Å². The number of rotatable bonds is 3. The average Bonchev–Trinajstić information content (AvgIpc) is 2.88. The molecule has 0 aliphatic heterocycles. The second kappa shape index (κ2) is 5.57. The van der Waals surface area contributed by atoms with Crippen LogP contribution < -0.4 is 5.32 Å². The van der Waals surface area contributed by atoms with Gasteiger partial charge in [-0.1, -0.05) is 24.3 Å².